The fourth-order valence-corrected chi connectivity index (χ4v) is 1.05. The third kappa shape index (κ3) is 2.39. The lowest BCUT2D eigenvalue weighted by Gasteiger charge is -1.92. The second-order valence-corrected chi connectivity index (χ2v) is 2.74. The van der Waals surface area contributed by atoms with E-state index in [-0.39, 0.29) is 0 Å². The minimum atomic E-state index is 1.30. The Morgan fingerprint density at radius 3 is 2.58 bits per heavy atom. The summed E-state index contributed by atoms with van der Waals surface area (Å²) in [4.78, 5) is 0. The minimum absolute atomic E-state index is 1.30. The maximum atomic E-state index is 2.12. The molecule has 0 unspecified atom stereocenters. The highest BCUT2D eigenvalue weighted by atomic mass is 14.0. The number of allylic oxidation sites excluding steroid dienone is 10. The second-order valence-electron chi connectivity index (χ2n) is 2.74. The van der Waals surface area contributed by atoms with Gasteiger partial charge in [-0.3, -0.25) is 0 Å². The van der Waals surface area contributed by atoms with Gasteiger partial charge in [0.15, 0.2) is 0 Å². The summed E-state index contributed by atoms with van der Waals surface area (Å²) in [6, 6.07) is 0. The van der Waals surface area contributed by atoms with E-state index >= 15 is 0 Å². The highest BCUT2D eigenvalue weighted by Crippen LogP contribution is 2.16. The molecular weight excluding hydrogens is 144 g/mol. The lowest BCUT2D eigenvalue weighted by Crippen LogP contribution is -1.72. The van der Waals surface area contributed by atoms with Crippen molar-refractivity contribution in [2.75, 3.05) is 0 Å². The fourth-order valence-electron chi connectivity index (χ4n) is 1.05. The van der Waals surface area contributed by atoms with Crippen LogP contribution in [0.2, 0.25) is 0 Å². The van der Waals surface area contributed by atoms with Gasteiger partial charge in [-0.1, -0.05) is 48.6 Å². The number of hydrogen-bond donors (Lipinski definition) is 0. The molecule has 0 aromatic heterocycles. The predicted molar refractivity (Wildman–Crippen MR) is 54.9 cm³/mol. The summed E-state index contributed by atoms with van der Waals surface area (Å²) < 4.78 is 0. The van der Waals surface area contributed by atoms with Gasteiger partial charge in [0.1, 0.15) is 0 Å². The van der Waals surface area contributed by atoms with Gasteiger partial charge in [-0.15, -0.1) is 0 Å². The lowest BCUT2D eigenvalue weighted by molar-refractivity contribution is 1.47. The average Bonchev–Trinajstić information content (AvgIpc) is 2.46. The Labute approximate surface area is 74.3 Å². The fraction of sp³-hybridized carbons (Fsp3) is 0.167. The van der Waals surface area contributed by atoms with E-state index in [0.29, 0.717) is 0 Å². The van der Waals surface area contributed by atoms with Crippen molar-refractivity contribution in [2.24, 2.45) is 0 Å². The van der Waals surface area contributed by atoms with Crippen LogP contribution in [0, 0.1) is 0 Å². The second kappa shape index (κ2) is 4.55. The van der Waals surface area contributed by atoms with Gasteiger partial charge < -0.3 is 0 Å². The van der Waals surface area contributed by atoms with Crippen molar-refractivity contribution in [3.8, 4) is 0 Å². The molecule has 0 spiro atoms. The quantitative estimate of drug-likeness (QED) is 0.539. The van der Waals surface area contributed by atoms with Gasteiger partial charge in [-0.05, 0) is 25.0 Å². The lowest BCUT2D eigenvalue weighted by atomic mass is 10.1. The topological polar surface area (TPSA) is 0 Å². The molecular formula is C12H14. The van der Waals surface area contributed by atoms with Gasteiger partial charge in [0.05, 0.1) is 0 Å². The van der Waals surface area contributed by atoms with Crippen LogP contribution >= 0.6 is 0 Å². The third-order valence-electron chi connectivity index (χ3n) is 1.77. The Hall–Kier alpha value is -1.30. The van der Waals surface area contributed by atoms with E-state index in [4.69, 9.17) is 0 Å². The first-order valence-corrected chi connectivity index (χ1v) is 4.19. The van der Waals surface area contributed by atoms with Gasteiger partial charge in [0.25, 0.3) is 0 Å². The molecule has 0 amide bonds. The van der Waals surface area contributed by atoms with Crippen LogP contribution in [0.5, 0.6) is 0 Å². The molecule has 0 saturated heterocycles. The zero-order chi connectivity index (χ0) is 8.81. The van der Waals surface area contributed by atoms with Crippen LogP contribution in [0.25, 0.3) is 0 Å². The molecule has 0 radical (unpaired) electrons. The van der Waals surface area contributed by atoms with E-state index in [2.05, 4.69) is 37.3 Å². The van der Waals surface area contributed by atoms with E-state index < -0.39 is 0 Å². The highest BCUT2D eigenvalue weighted by molar-refractivity contribution is 5.48. The summed E-state index contributed by atoms with van der Waals surface area (Å²) in [6.07, 6.45) is 16.6. The smallest absolute Gasteiger partial charge is 0.0227 e. The Balaban J connectivity index is 2.59. The summed E-state index contributed by atoms with van der Waals surface area (Å²) in [6.45, 7) is 4.13. The summed E-state index contributed by atoms with van der Waals surface area (Å²) in [5.41, 5.74) is 2.64. The Morgan fingerprint density at radius 2 is 2.00 bits per heavy atom. The number of rotatable bonds is 2. The van der Waals surface area contributed by atoms with Crippen molar-refractivity contribution in [2.45, 2.75) is 13.8 Å². The molecule has 0 bridgehead atoms. The molecule has 0 aliphatic heterocycles. The normalized spacial score (nSPS) is 20.2. The maximum Gasteiger partial charge on any atom is -0.0227 e. The summed E-state index contributed by atoms with van der Waals surface area (Å²) in [7, 11) is 0. The van der Waals surface area contributed by atoms with E-state index in [1.807, 2.05) is 25.2 Å². The van der Waals surface area contributed by atoms with E-state index in [0.717, 1.165) is 0 Å². The molecule has 1 aliphatic rings. The van der Waals surface area contributed by atoms with Gasteiger partial charge in [0.2, 0.25) is 0 Å². The molecule has 0 N–H and O–H groups in total. The minimum Gasteiger partial charge on any atom is -0.0877 e. The Kier molecular flexibility index (Phi) is 3.34. The van der Waals surface area contributed by atoms with Crippen molar-refractivity contribution >= 4 is 0 Å². The molecule has 1 rings (SSSR count). The summed E-state index contributed by atoms with van der Waals surface area (Å²) >= 11 is 0. The first-order chi connectivity index (χ1) is 5.84. The molecule has 0 heteroatoms. The Morgan fingerprint density at radius 1 is 1.17 bits per heavy atom. The molecule has 12 heavy (non-hydrogen) atoms. The van der Waals surface area contributed by atoms with Crippen LogP contribution < -0.4 is 0 Å². The van der Waals surface area contributed by atoms with Gasteiger partial charge in [-0.25, -0.2) is 0 Å². The number of hydrogen-bond acceptors (Lipinski definition) is 0. The van der Waals surface area contributed by atoms with Gasteiger partial charge in [0, 0.05) is 0 Å². The maximum absolute atomic E-state index is 2.12. The van der Waals surface area contributed by atoms with Crippen LogP contribution in [0.3, 0.4) is 0 Å². The molecule has 0 fully saturated rings. The van der Waals surface area contributed by atoms with Crippen LogP contribution in [-0.2, 0) is 0 Å². The van der Waals surface area contributed by atoms with Crippen molar-refractivity contribution in [1.29, 1.82) is 0 Å². The molecule has 0 aromatic carbocycles. The predicted octanol–water partition coefficient (Wildman–Crippen LogP) is 3.56. The van der Waals surface area contributed by atoms with Crippen molar-refractivity contribution in [3.05, 3.63) is 59.8 Å². The highest BCUT2D eigenvalue weighted by Gasteiger charge is 1.96. The molecule has 0 nitrogen and oxygen atoms in total. The monoisotopic (exact) mass is 158 g/mol. The Bertz CT molecular complexity index is 283. The first kappa shape index (κ1) is 8.79. The SMILES string of the molecule is C\C=C/C=C\C=C1\C=CC=C1C. The first-order valence-electron chi connectivity index (χ1n) is 4.19. The standard InChI is InChI=1S/C12H14/c1-3-4-5-6-9-12-10-7-8-11(12)2/h3-10H,1-2H3/b4-3-,6-5-,12-9-. The van der Waals surface area contributed by atoms with E-state index in [1.165, 1.54) is 11.1 Å². The molecule has 0 atom stereocenters. The summed E-state index contributed by atoms with van der Waals surface area (Å²) in [5, 5.41) is 0. The molecule has 0 saturated carbocycles. The van der Waals surface area contributed by atoms with Gasteiger partial charge in [-0.2, -0.15) is 0 Å². The van der Waals surface area contributed by atoms with Crippen molar-refractivity contribution in [3.63, 3.8) is 0 Å². The molecule has 0 aromatic rings. The summed E-state index contributed by atoms with van der Waals surface area (Å²) in [5.74, 6) is 0. The third-order valence-corrected chi connectivity index (χ3v) is 1.77. The van der Waals surface area contributed by atoms with E-state index in [1.54, 1.807) is 0 Å². The molecule has 0 heterocycles. The molecule has 1 aliphatic carbocycles. The van der Waals surface area contributed by atoms with Crippen molar-refractivity contribution in [1.82, 2.24) is 0 Å². The van der Waals surface area contributed by atoms with Crippen LogP contribution in [0.4, 0.5) is 0 Å². The largest absolute Gasteiger partial charge is 0.0877 e. The average molecular weight is 158 g/mol. The van der Waals surface area contributed by atoms with Crippen molar-refractivity contribution < 1.29 is 0 Å². The zero-order valence-corrected chi connectivity index (χ0v) is 7.62. The van der Waals surface area contributed by atoms with Crippen LogP contribution in [0.1, 0.15) is 13.8 Å². The van der Waals surface area contributed by atoms with Crippen LogP contribution in [-0.4, -0.2) is 0 Å². The van der Waals surface area contributed by atoms with Gasteiger partial charge >= 0.3 is 0 Å². The molecule has 62 valence electrons. The van der Waals surface area contributed by atoms with E-state index in [9.17, 15) is 0 Å². The zero-order valence-electron chi connectivity index (χ0n) is 7.62. The van der Waals surface area contributed by atoms with Crippen LogP contribution in [0.15, 0.2) is 59.8 Å².